The van der Waals surface area contributed by atoms with Crippen molar-refractivity contribution in [3.05, 3.63) is 29.8 Å². The molecule has 2 nitrogen and oxygen atoms in total. The van der Waals surface area contributed by atoms with Gasteiger partial charge < -0.3 is 10.2 Å². The van der Waals surface area contributed by atoms with Crippen molar-refractivity contribution in [1.29, 1.82) is 0 Å². The van der Waals surface area contributed by atoms with Crippen molar-refractivity contribution in [3.8, 4) is 0 Å². The number of hydrogen-bond acceptors (Lipinski definition) is 2. The van der Waals surface area contributed by atoms with Crippen molar-refractivity contribution in [1.82, 2.24) is 5.32 Å². The number of anilines is 1. The van der Waals surface area contributed by atoms with Crippen LogP contribution >= 0.6 is 0 Å². The van der Waals surface area contributed by atoms with Gasteiger partial charge in [0.05, 0.1) is 5.56 Å². The summed E-state index contributed by atoms with van der Waals surface area (Å²) >= 11 is 0. The van der Waals surface area contributed by atoms with Crippen LogP contribution in [0.5, 0.6) is 0 Å². The first-order chi connectivity index (χ1) is 9.54. The minimum atomic E-state index is -4.30. The highest BCUT2D eigenvalue weighted by molar-refractivity contribution is 5.56. The van der Waals surface area contributed by atoms with Crippen molar-refractivity contribution in [2.75, 3.05) is 24.5 Å². The average Bonchev–Trinajstić information content (AvgIpc) is 2.45. The first-order valence-electron chi connectivity index (χ1n) is 7.17. The number of halogens is 3. The summed E-state index contributed by atoms with van der Waals surface area (Å²) in [4.78, 5) is 1.93. The van der Waals surface area contributed by atoms with Gasteiger partial charge in [0.2, 0.25) is 0 Å². The number of nitrogens with one attached hydrogen (secondary N) is 1. The zero-order valence-corrected chi connectivity index (χ0v) is 11.7. The fourth-order valence-electron chi connectivity index (χ4n) is 2.80. The number of para-hydroxylation sites is 1. The van der Waals surface area contributed by atoms with E-state index in [-0.39, 0.29) is 6.04 Å². The summed E-state index contributed by atoms with van der Waals surface area (Å²) in [6, 6.07) is 6.05. The molecule has 1 aliphatic rings. The maximum absolute atomic E-state index is 13.2. The molecular weight excluding hydrogens is 265 g/mol. The van der Waals surface area contributed by atoms with Gasteiger partial charge in [-0.1, -0.05) is 19.1 Å². The molecule has 0 radical (unpaired) electrons. The second-order valence-electron chi connectivity index (χ2n) is 5.21. The quantitative estimate of drug-likeness (QED) is 0.908. The predicted molar refractivity (Wildman–Crippen MR) is 75.0 cm³/mol. The Labute approximate surface area is 118 Å². The van der Waals surface area contributed by atoms with Crippen LogP contribution in [0.4, 0.5) is 18.9 Å². The first-order valence-corrected chi connectivity index (χ1v) is 7.17. The molecule has 0 amide bonds. The third kappa shape index (κ3) is 3.45. The van der Waals surface area contributed by atoms with Crippen LogP contribution in [0.2, 0.25) is 0 Å². The molecule has 1 aliphatic heterocycles. The van der Waals surface area contributed by atoms with Gasteiger partial charge >= 0.3 is 6.18 Å². The van der Waals surface area contributed by atoms with Gasteiger partial charge in [0.25, 0.3) is 0 Å². The van der Waals surface area contributed by atoms with Crippen molar-refractivity contribution >= 4 is 5.69 Å². The van der Waals surface area contributed by atoms with E-state index in [1.165, 1.54) is 12.1 Å². The van der Waals surface area contributed by atoms with E-state index in [9.17, 15) is 13.2 Å². The van der Waals surface area contributed by atoms with Crippen molar-refractivity contribution in [2.45, 2.75) is 38.4 Å². The molecule has 1 saturated heterocycles. The Morgan fingerprint density at radius 1 is 1.30 bits per heavy atom. The van der Waals surface area contributed by atoms with Gasteiger partial charge in [0.15, 0.2) is 0 Å². The minimum Gasteiger partial charge on any atom is -0.367 e. The molecular formula is C15H21F3N2. The van der Waals surface area contributed by atoms with Gasteiger partial charge in [0, 0.05) is 24.8 Å². The molecule has 1 fully saturated rings. The molecule has 0 aliphatic carbocycles. The Bertz CT molecular complexity index is 425. The van der Waals surface area contributed by atoms with E-state index in [1.54, 1.807) is 12.1 Å². The van der Waals surface area contributed by atoms with Crippen LogP contribution in [0.15, 0.2) is 24.3 Å². The molecule has 1 unspecified atom stereocenters. The van der Waals surface area contributed by atoms with E-state index in [0.717, 1.165) is 32.4 Å². The molecule has 112 valence electrons. The molecule has 0 aromatic heterocycles. The molecule has 20 heavy (non-hydrogen) atoms. The summed E-state index contributed by atoms with van der Waals surface area (Å²) in [5, 5.41) is 3.28. The largest absolute Gasteiger partial charge is 0.418 e. The van der Waals surface area contributed by atoms with Gasteiger partial charge in [-0.05, 0) is 37.9 Å². The van der Waals surface area contributed by atoms with E-state index in [0.29, 0.717) is 12.2 Å². The van der Waals surface area contributed by atoms with Gasteiger partial charge in [0.1, 0.15) is 0 Å². The second-order valence-corrected chi connectivity index (χ2v) is 5.21. The predicted octanol–water partition coefficient (Wildman–Crippen LogP) is 3.67. The normalized spacial score (nSPS) is 19.9. The highest BCUT2D eigenvalue weighted by Crippen LogP contribution is 2.37. The van der Waals surface area contributed by atoms with Crippen molar-refractivity contribution in [3.63, 3.8) is 0 Å². The molecule has 5 heteroatoms. The van der Waals surface area contributed by atoms with Crippen LogP contribution in [0.1, 0.15) is 31.7 Å². The van der Waals surface area contributed by atoms with E-state index in [4.69, 9.17) is 0 Å². The fraction of sp³-hybridized carbons (Fsp3) is 0.600. The molecule has 1 N–H and O–H groups in total. The van der Waals surface area contributed by atoms with Crippen molar-refractivity contribution in [2.24, 2.45) is 0 Å². The summed E-state index contributed by atoms with van der Waals surface area (Å²) < 4.78 is 39.5. The van der Waals surface area contributed by atoms with Crippen LogP contribution in [0, 0.1) is 0 Å². The van der Waals surface area contributed by atoms with Gasteiger partial charge in [-0.15, -0.1) is 0 Å². The van der Waals surface area contributed by atoms with Gasteiger partial charge in [-0.25, -0.2) is 0 Å². The van der Waals surface area contributed by atoms with Gasteiger partial charge in [-0.2, -0.15) is 13.2 Å². The maximum Gasteiger partial charge on any atom is 0.418 e. The summed E-state index contributed by atoms with van der Waals surface area (Å²) in [5.74, 6) is 0. The number of piperidine rings is 1. The lowest BCUT2D eigenvalue weighted by Gasteiger charge is -2.37. The van der Waals surface area contributed by atoms with E-state index < -0.39 is 11.7 Å². The number of benzene rings is 1. The monoisotopic (exact) mass is 286 g/mol. The molecule has 1 aromatic rings. The third-order valence-corrected chi connectivity index (χ3v) is 3.70. The summed E-state index contributed by atoms with van der Waals surface area (Å²) in [6.45, 7) is 4.36. The van der Waals surface area contributed by atoms with Crippen LogP contribution in [-0.4, -0.2) is 25.7 Å². The van der Waals surface area contributed by atoms with E-state index in [2.05, 4.69) is 5.32 Å². The second kappa shape index (κ2) is 6.48. The molecule has 0 saturated carbocycles. The SMILES string of the molecule is CCCN(c1ccccc1C(F)(F)F)C1CCCNC1. The minimum absolute atomic E-state index is 0.146. The zero-order valence-electron chi connectivity index (χ0n) is 11.7. The van der Waals surface area contributed by atoms with Crippen LogP contribution < -0.4 is 10.2 Å². The lowest BCUT2D eigenvalue weighted by atomic mass is 10.0. The molecule has 1 atom stereocenters. The molecule has 1 heterocycles. The Morgan fingerprint density at radius 2 is 2.05 bits per heavy atom. The van der Waals surface area contributed by atoms with E-state index >= 15 is 0 Å². The summed E-state index contributed by atoms with van der Waals surface area (Å²) in [6.07, 6.45) is -1.51. The average molecular weight is 286 g/mol. The molecule has 0 bridgehead atoms. The Morgan fingerprint density at radius 3 is 2.65 bits per heavy atom. The topological polar surface area (TPSA) is 15.3 Å². The lowest BCUT2D eigenvalue weighted by Crippen LogP contribution is -2.47. The lowest BCUT2D eigenvalue weighted by molar-refractivity contribution is -0.137. The smallest absolute Gasteiger partial charge is 0.367 e. The Hall–Kier alpha value is -1.23. The van der Waals surface area contributed by atoms with Crippen LogP contribution in [0.3, 0.4) is 0 Å². The van der Waals surface area contributed by atoms with Gasteiger partial charge in [-0.3, -0.25) is 0 Å². The number of alkyl halides is 3. The fourth-order valence-corrected chi connectivity index (χ4v) is 2.80. The van der Waals surface area contributed by atoms with E-state index in [1.807, 2.05) is 11.8 Å². The maximum atomic E-state index is 13.2. The third-order valence-electron chi connectivity index (χ3n) is 3.70. The highest BCUT2D eigenvalue weighted by atomic mass is 19.4. The van der Waals surface area contributed by atoms with Crippen LogP contribution in [-0.2, 0) is 6.18 Å². The highest BCUT2D eigenvalue weighted by Gasteiger charge is 2.35. The molecule has 0 spiro atoms. The standard InChI is InChI=1S/C15H21F3N2/c1-2-10-20(12-6-5-9-19-11-12)14-8-4-3-7-13(14)15(16,17)18/h3-4,7-8,12,19H,2,5-6,9-11H2,1H3. The summed E-state index contributed by atoms with van der Waals surface area (Å²) in [7, 11) is 0. The first kappa shape index (κ1) is 15.2. The Kier molecular flexibility index (Phi) is 4.91. The Balaban J connectivity index is 2.33. The zero-order chi connectivity index (χ0) is 14.6. The number of hydrogen-bond donors (Lipinski definition) is 1. The number of rotatable bonds is 4. The molecule has 2 rings (SSSR count). The molecule has 1 aromatic carbocycles. The van der Waals surface area contributed by atoms with Crippen LogP contribution in [0.25, 0.3) is 0 Å². The van der Waals surface area contributed by atoms with Crippen molar-refractivity contribution < 1.29 is 13.2 Å². The number of nitrogens with zero attached hydrogens (tertiary/aromatic N) is 1. The summed E-state index contributed by atoms with van der Waals surface area (Å²) in [5.41, 5.74) is -0.213.